The summed E-state index contributed by atoms with van der Waals surface area (Å²) in [5, 5.41) is 14.8. The van der Waals surface area contributed by atoms with Gasteiger partial charge in [-0.05, 0) is 31.8 Å². The monoisotopic (exact) mass is 185 g/mol. The maximum Gasteiger partial charge on any atom is 0.0896 e. The van der Waals surface area contributed by atoms with Gasteiger partial charge in [-0.15, -0.1) is 11.3 Å². The van der Waals surface area contributed by atoms with E-state index in [1.54, 1.807) is 11.3 Å². The predicted octanol–water partition coefficient (Wildman–Crippen LogP) is 1.78. The second-order valence-corrected chi connectivity index (χ2v) is 3.94. The number of aliphatic hydroxyl groups is 1. The molecule has 2 nitrogen and oxygen atoms in total. The number of rotatable bonds is 4. The van der Waals surface area contributed by atoms with E-state index in [2.05, 4.69) is 12.2 Å². The first kappa shape index (κ1) is 9.71. The maximum absolute atomic E-state index is 9.68. The summed E-state index contributed by atoms with van der Waals surface area (Å²) < 4.78 is 0. The van der Waals surface area contributed by atoms with E-state index in [1.807, 2.05) is 24.6 Å². The van der Waals surface area contributed by atoms with Crippen LogP contribution in [0.4, 0.5) is 0 Å². The molecule has 2 N–H and O–H groups in total. The Morgan fingerprint density at radius 1 is 1.67 bits per heavy atom. The molecule has 0 radical (unpaired) electrons. The second-order valence-electron chi connectivity index (χ2n) is 2.96. The Hall–Kier alpha value is -0.380. The topological polar surface area (TPSA) is 32.3 Å². The minimum Gasteiger partial charge on any atom is -0.388 e. The van der Waals surface area contributed by atoms with Crippen LogP contribution in [0.5, 0.6) is 0 Å². The molecular weight excluding hydrogens is 170 g/mol. The van der Waals surface area contributed by atoms with Gasteiger partial charge in [0.1, 0.15) is 0 Å². The minimum atomic E-state index is -0.313. The Morgan fingerprint density at radius 3 is 2.92 bits per heavy atom. The van der Waals surface area contributed by atoms with Crippen LogP contribution in [0.15, 0.2) is 17.5 Å². The molecule has 0 aliphatic carbocycles. The van der Waals surface area contributed by atoms with Crippen LogP contribution >= 0.6 is 11.3 Å². The molecule has 1 rings (SSSR count). The lowest BCUT2D eigenvalue weighted by atomic mass is 10.1. The molecule has 3 heteroatoms. The van der Waals surface area contributed by atoms with Crippen LogP contribution in [0, 0.1) is 0 Å². The lowest BCUT2D eigenvalue weighted by molar-refractivity contribution is 0.159. The Bertz CT molecular complexity index is 210. The number of hydrogen-bond acceptors (Lipinski definition) is 3. The number of hydrogen-bond donors (Lipinski definition) is 2. The van der Waals surface area contributed by atoms with Crippen LogP contribution < -0.4 is 5.32 Å². The fourth-order valence-corrected chi connectivity index (χ4v) is 1.77. The highest BCUT2D eigenvalue weighted by molar-refractivity contribution is 7.10. The molecule has 12 heavy (non-hydrogen) atoms. The molecule has 0 saturated heterocycles. The van der Waals surface area contributed by atoms with E-state index in [1.165, 1.54) is 0 Å². The van der Waals surface area contributed by atoms with Gasteiger partial charge in [-0.25, -0.2) is 0 Å². The lowest BCUT2D eigenvalue weighted by Gasteiger charge is -2.14. The molecule has 0 saturated carbocycles. The predicted molar refractivity (Wildman–Crippen MR) is 52.4 cm³/mol. The van der Waals surface area contributed by atoms with Gasteiger partial charge in [-0.1, -0.05) is 6.07 Å². The normalized spacial score (nSPS) is 15.9. The average Bonchev–Trinajstić information content (AvgIpc) is 2.56. The van der Waals surface area contributed by atoms with Crippen molar-refractivity contribution in [2.24, 2.45) is 0 Å². The Kier molecular flexibility index (Phi) is 3.72. The molecule has 68 valence electrons. The van der Waals surface area contributed by atoms with Crippen molar-refractivity contribution in [3.63, 3.8) is 0 Å². The molecule has 1 heterocycles. The van der Waals surface area contributed by atoms with E-state index in [0.29, 0.717) is 6.04 Å². The molecule has 0 aliphatic heterocycles. The van der Waals surface area contributed by atoms with Gasteiger partial charge < -0.3 is 10.4 Å². The van der Waals surface area contributed by atoms with Crippen molar-refractivity contribution in [2.75, 3.05) is 7.05 Å². The van der Waals surface area contributed by atoms with Crippen molar-refractivity contribution in [1.29, 1.82) is 0 Å². The Balaban J connectivity index is 2.44. The van der Waals surface area contributed by atoms with E-state index >= 15 is 0 Å². The van der Waals surface area contributed by atoms with Gasteiger partial charge in [0.05, 0.1) is 6.10 Å². The van der Waals surface area contributed by atoms with Gasteiger partial charge in [-0.3, -0.25) is 0 Å². The third kappa shape index (κ3) is 2.59. The zero-order valence-corrected chi connectivity index (χ0v) is 8.27. The van der Waals surface area contributed by atoms with Gasteiger partial charge in [0.15, 0.2) is 0 Å². The van der Waals surface area contributed by atoms with Gasteiger partial charge in [0.25, 0.3) is 0 Å². The van der Waals surface area contributed by atoms with Crippen molar-refractivity contribution < 1.29 is 5.11 Å². The van der Waals surface area contributed by atoms with Crippen LogP contribution in [-0.4, -0.2) is 18.2 Å². The molecule has 0 unspecified atom stereocenters. The first-order chi connectivity index (χ1) is 5.74. The van der Waals surface area contributed by atoms with Crippen molar-refractivity contribution in [1.82, 2.24) is 5.32 Å². The summed E-state index contributed by atoms with van der Waals surface area (Å²) in [6.45, 7) is 2.07. The minimum absolute atomic E-state index is 0.313. The SMILES string of the molecule is CN[C@@H](C)C[C@H](O)c1cccs1. The highest BCUT2D eigenvalue weighted by atomic mass is 32.1. The number of nitrogens with one attached hydrogen (secondary N) is 1. The molecule has 0 aliphatic rings. The van der Waals surface area contributed by atoms with Crippen LogP contribution in [0.1, 0.15) is 24.3 Å². The van der Waals surface area contributed by atoms with Crippen LogP contribution in [-0.2, 0) is 0 Å². The highest BCUT2D eigenvalue weighted by Gasteiger charge is 2.11. The number of aliphatic hydroxyl groups excluding tert-OH is 1. The summed E-state index contributed by atoms with van der Waals surface area (Å²) in [5.74, 6) is 0. The van der Waals surface area contributed by atoms with Gasteiger partial charge >= 0.3 is 0 Å². The molecule has 1 aromatic heterocycles. The first-order valence-electron chi connectivity index (χ1n) is 4.12. The summed E-state index contributed by atoms with van der Waals surface area (Å²) >= 11 is 1.61. The van der Waals surface area contributed by atoms with Crippen molar-refractivity contribution >= 4 is 11.3 Å². The van der Waals surface area contributed by atoms with Gasteiger partial charge in [0.2, 0.25) is 0 Å². The Labute approximate surface area is 77.2 Å². The van der Waals surface area contributed by atoms with Crippen molar-refractivity contribution in [3.05, 3.63) is 22.4 Å². The van der Waals surface area contributed by atoms with Crippen molar-refractivity contribution in [3.8, 4) is 0 Å². The molecule has 0 aromatic carbocycles. The summed E-state index contributed by atoms with van der Waals surface area (Å²) in [4.78, 5) is 1.05. The quantitative estimate of drug-likeness (QED) is 0.749. The maximum atomic E-state index is 9.68. The first-order valence-corrected chi connectivity index (χ1v) is 5.00. The molecular formula is C9H15NOS. The van der Waals surface area contributed by atoms with E-state index in [4.69, 9.17) is 0 Å². The number of thiophene rings is 1. The van der Waals surface area contributed by atoms with E-state index in [-0.39, 0.29) is 6.10 Å². The molecule has 0 spiro atoms. The van der Waals surface area contributed by atoms with E-state index in [0.717, 1.165) is 11.3 Å². The van der Waals surface area contributed by atoms with Crippen LogP contribution in [0.3, 0.4) is 0 Å². The summed E-state index contributed by atoms with van der Waals surface area (Å²) in [7, 11) is 1.91. The zero-order chi connectivity index (χ0) is 8.97. The van der Waals surface area contributed by atoms with Gasteiger partial charge in [-0.2, -0.15) is 0 Å². The summed E-state index contributed by atoms with van der Waals surface area (Å²) in [5.41, 5.74) is 0. The lowest BCUT2D eigenvalue weighted by Crippen LogP contribution is -2.23. The third-order valence-electron chi connectivity index (χ3n) is 1.94. The Morgan fingerprint density at radius 2 is 2.42 bits per heavy atom. The zero-order valence-electron chi connectivity index (χ0n) is 7.45. The third-order valence-corrected chi connectivity index (χ3v) is 2.91. The van der Waals surface area contributed by atoms with Gasteiger partial charge in [0, 0.05) is 10.9 Å². The molecule has 0 amide bonds. The second kappa shape index (κ2) is 4.60. The molecule has 0 fully saturated rings. The van der Waals surface area contributed by atoms with Crippen molar-refractivity contribution in [2.45, 2.75) is 25.5 Å². The van der Waals surface area contributed by atoms with Crippen LogP contribution in [0.25, 0.3) is 0 Å². The molecule has 1 aromatic rings. The fraction of sp³-hybridized carbons (Fsp3) is 0.556. The average molecular weight is 185 g/mol. The molecule has 2 atom stereocenters. The summed E-state index contributed by atoms with van der Waals surface area (Å²) in [6, 6.07) is 4.30. The van der Waals surface area contributed by atoms with E-state index in [9.17, 15) is 5.11 Å². The van der Waals surface area contributed by atoms with Crippen LogP contribution in [0.2, 0.25) is 0 Å². The smallest absolute Gasteiger partial charge is 0.0896 e. The standard InChI is InChI=1S/C9H15NOS/c1-7(10-2)6-8(11)9-4-3-5-12-9/h3-5,7-8,10-11H,6H2,1-2H3/t7-,8-/m0/s1. The largest absolute Gasteiger partial charge is 0.388 e. The summed E-state index contributed by atoms with van der Waals surface area (Å²) in [6.07, 6.45) is 0.462. The fourth-order valence-electron chi connectivity index (χ4n) is 1.05. The molecule has 0 bridgehead atoms. The van der Waals surface area contributed by atoms with E-state index < -0.39 is 0 Å². The highest BCUT2D eigenvalue weighted by Crippen LogP contribution is 2.22.